The van der Waals surface area contributed by atoms with Crippen molar-refractivity contribution in [2.45, 2.75) is 38.8 Å². The third-order valence-electron chi connectivity index (χ3n) is 5.08. The van der Waals surface area contributed by atoms with Crippen molar-refractivity contribution in [3.63, 3.8) is 0 Å². The number of furan rings is 1. The molecule has 1 amide bonds. The van der Waals surface area contributed by atoms with E-state index >= 15 is 0 Å². The van der Waals surface area contributed by atoms with Crippen LogP contribution in [0, 0.1) is 0 Å². The van der Waals surface area contributed by atoms with Gasteiger partial charge in [-0.15, -0.1) is 11.3 Å². The normalized spacial score (nSPS) is 17.2. The third-order valence-corrected chi connectivity index (χ3v) is 5.89. The number of thiazole rings is 1. The summed E-state index contributed by atoms with van der Waals surface area (Å²) >= 11 is 1.60. The number of anilines is 1. The molecule has 1 aliphatic heterocycles. The Bertz CT molecular complexity index is 903. The number of aromatic nitrogens is 1. The number of amides is 1. The van der Waals surface area contributed by atoms with Crippen LogP contribution >= 0.6 is 11.3 Å². The van der Waals surface area contributed by atoms with Gasteiger partial charge in [0, 0.05) is 49.1 Å². The topological polar surface area (TPSA) is 49.6 Å². The summed E-state index contributed by atoms with van der Waals surface area (Å²) in [6.07, 6.45) is 4.53. The first-order chi connectivity index (χ1) is 12.7. The van der Waals surface area contributed by atoms with Gasteiger partial charge in [0.2, 0.25) is 5.91 Å². The molecule has 1 atom stereocenters. The molecule has 0 spiro atoms. The monoisotopic (exact) mass is 369 g/mol. The molecule has 1 aliphatic rings. The van der Waals surface area contributed by atoms with Crippen LogP contribution in [0.2, 0.25) is 0 Å². The summed E-state index contributed by atoms with van der Waals surface area (Å²) in [5.41, 5.74) is 2.02. The number of likely N-dealkylation sites (N-methyl/N-ethyl adjacent to an activating group) is 1. The van der Waals surface area contributed by atoms with Crippen molar-refractivity contribution in [3.8, 4) is 0 Å². The molecule has 1 fully saturated rings. The number of hydrogen-bond donors (Lipinski definition) is 0. The smallest absolute Gasteiger partial charge is 0.245 e. The van der Waals surface area contributed by atoms with Gasteiger partial charge in [-0.1, -0.05) is 25.1 Å². The number of nitrogens with zero attached hydrogens (tertiary/aromatic N) is 3. The fourth-order valence-corrected chi connectivity index (χ4v) is 4.51. The Labute approximate surface area is 157 Å². The zero-order chi connectivity index (χ0) is 18.1. The van der Waals surface area contributed by atoms with E-state index in [1.807, 2.05) is 35.5 Å². The highest BCUT2D eigenvalue weighted by Crippen LogP contribution is 2.30. The van der Waals surface area contributed by atoms with Crippen LogP contribution in [-0.4, -0.2) is 35.4 Å². The number of aryl methyl sites for hydroxylation is 1. The fourth-order valence-electron chi connectivity index (χ4n) is 3.79. The Balaban J connectivity index is 1.56. The average Bonchev–Trinajstić information content (AvgIpc) is 3.40. The summed E-state index contributed by atoms with van der Waals surface area (Å²) < 4.78 is 5.98. The van der Waals surface area contributed by atoms with Gasteiger partial charge in [0.1, 0.15) is 17.4 Å². The molecular weight excluding hydrogens is 346 g/mol. The van der Waals surface area contributed by atoms with Crippen LogP contribution in [0.15, 0.2) is 40.3 Å². The molecule has 4 rings (SSSR count). The van der Waals surface area contributed by atoms with E-state index in [4.69, 9.17) is 4.42 Å². The highest BCUT2D eigenvalue weighted by Gasteiger charge is 2.34. The lowest BCUT2D eigenvalue weighted by atomic mass is 10.1. The number of hydrogen-bond acceptors (Lipinski definition) is 5. The highest BCUT2D eigenvalue weighted by atomic mass is 32.1. The zero-order valence-corrected chi connectivity index (χ0v) is 16.0. The van der Waals surface area contributed by atoms with Gasteiger partial charge in [-0.2, -0.15) is 0 Å². The molecule has 1 aromatic carbocycles. The minimum Gasteiger partial charge on any atom is -0.461 e. The summed E-state index contributed by atoms with van der Waals surface area (Å²) in [5.74, 6) is 1.12. The summed E-state index contributed by atoms with van der Waals surface area (Å²) in [7, 11) is 1.89. The van der Waals surface area contributed by atoms with E-state index in [2.05, 4.69) is 22.9 Å². The van der Waals surface area contributed by atoms with Gasteiger partial charge in [0.25, 0.3) is 0 Å². The van der Waals surface area contributed by atoms with Crippen LogP contribution in [0.25, 0.3) is 11.0 Å². The van der Waals surface area contributed by atoms with Gasteiger partial charge in [-0.05, 0) is 18.9 Å². The maximum Gasteiger partial charge on any atom is 0.245 e. The number of fused-ring (bicyclic) bond motifs is 1. The van der Waals surface area contributed by atoms with Gasteiger partial charge < -0.3 is 14.2 Å². The minimum atomic E-state index is -0.116. The van der Waals surface area contributed by atoms with Gasteiger partial charge in [-0.3, -0.25) is 4.79 Å². The second-order valence-corrected chi connectivity index (χ2v) is 7.59. The van der Waals surface area contributed by atoms with Crippen molar-refractivity contribution in [3.05, 3.63) is 47.2 Å². The maximum atomic E-state index is 13.1. The van der Waals surface area contributed by atoms with Crippen molar-refractivity contribution in [1.29, 1.82) is 0 Å². The van der Waals surface area contributed by atoms with Crippen LogP contribution in [0.3, 0.4) is 0 Å². The predicted octanol–water partition coefficient (Wildman–Crippen LogP) is 4.08. The first-order valence-electron chi connectivity index (χ1n) is 9.09. The second-order valence-electron chi connectivity index (χ2n) is 6.71. The molecule has 3 aromatic rings. The van der Waals surface area contributed by atoms with Crippen molar-refractivity contribution in [2.24, 2.45) is 0 Å². The Morgan fingerprint density at radius 3 is 3.04 bits per heavy atom. The lowest BCUT2D eigenvalue weighted by Crippen LogP contribution is -2.44. The first-order valence-corrected chi connectivity index (χ1v) is 9.97. The molecule has 1 saturated heterocycles. The maximum absolute atomic E-state index is 13.1. The lowest BCUT2D eigenvalue weighted by Gasteiger charge is -2.27. The molecule has 1 unspecified atom stereocenters. The van der Waals surface area contributed by atoms with E-state index in [0.29, 0.717) is 6.54 Å². The van der Waals surface area contributed by atoms with E-state index in [9.17, 15) is 4.79 Å². The molecule has 0 saturated carbocycles. The number of carbonyl (C=O) groups excluding carboxylic acids is 1. The molecule has 0 bridgehead atoms. The molecule has 0 radical (unpaired) electrons. The Morgan fingerprint density at radius 1 is 1.42 bits per heavy atom. The molecular formula is C20H23N3O2S. The first kappa shape index (κ1) is 17.1. The fraction of sp³-hybridized carbons (Fsp3) is 0.400. The summed E-state index contributed by atoms with van der Waals surface area (Å²) in [6.45, 7) is 3.55. The van der Waals surface area contributed by atoms with Crippen LogP contribution in [0.4, 0.5) is 5.13 Å². The third kappa shape index (κ3) is 2.98. The number of rotatable bonds is 5. The van der Waals surface area contributed by atoms with Gasteiger partial charge >= 0.3 is 0 Å². The van der Waals surface area contributed by atoms with Crippen molar-refractivity contribution >= 4 is 33.3 Å². The average molecular weight is 369 g/mol. The molecule has 3 heterocycles. The van der Waals surface area contributed by atoms with E-state index in [-0.39, 0.29) is 11.9 Å². The standard InChI is InChI=1S/C20H23N3O2S/c1-3-17-15(14-7-4-5-9-18(14)25-17)13-22(2)19(24)16-8-6-11-23(16)20-21-10-12-26-20/h4-5,7,9-10,12,16H,3,6,8,11,13H2,1-2H3. The quantitative estimate of drug-likeness (QED) is 0.680. The SMILES string of the molecule is CCc1oc2ccccc2c1CN(C)C(=O)C1CCCN1c1nccs1. The minimum absolute atomic E-state index is 0.116. The van der Waals surface area contributed by atoms with E-state index < -0.39 is 0 Å². The molecule has 2 aromatic heterocycles. The summed E-state index contributed by atoms with van der Waals surface area (Å²) in [6, 6.07) is 7.94. The van der Waals surface area contributed by atoms with Gasteiger partial charge in [-0.25, -0.2) is 4.98 Å². The largest absolute Gasteiger partial charge is 0.461 e. The molecule has 26 heavy (non-hydrogen) atoms. The van der Waals surface area contributed by atoms with Crippen molar-refractivity contribution < 1.29 is 9.21 Å². The predicted molar refractivity (Wildman–Crippen MR) is 105 cm³/mol. The highest BCUT2D eigenvalue weighted by molar-refractivity contribution is 7.13. The number of para-hydroxylation sites is 1. The van der Waals surface area contributed by atoms with Gasteiger partial charge in [0.05, 0.1) is 0 Å². The molecule has 136 valence electrons. The summed E-state index contributed by atoms with van der Waals surface area (Å²) in [5, 5.41) is 4.01. The molecule has 0 N–H and O–H groups in total. The van der Waals surface area contributed by atoms with Crippen LogP contribution in [0.1, 0.15) is 31.1 Å². The zero-order valence-electron chi connectivity index (χ0n) is 15.1. The number of benzene rings is 1. The molecule has 6 heteroatoms. The summed E-state index contributed by atoms with van der Waals surface area (Å²) in [4.78, 5) is 21.5. The van der Waals surface area contributed by atoms with Crippen LogP contribution in [-0.2, 0) is 17.8 Å². The second kappa shape index (κ2) is 7.11. The van der Waals surface area contributed by atoms with E-state index in [0.717, 1.165) is 53.2 Å². The molecule has 5 nitrogen and oxygen atoms in total. The molecule has 0 aliphatic carbocycles. The lowest BCUT2D eigenvalue weighted by molar-refractivity contribution is -0.131. The Morgan fingerprint density at radius 2 is 2.27 bits per heavy atom. The van der Waals surface area contributed by atoms with E-state index in [1.54, 1.807) is 17.5 Å². The Hall–Kier alpha value is -2.34. The van der Waals surface area contributed by atoms with Gasteiger partial charge in [0.15, 0.2) is 5.13 Å². The van der Waals surface area contributed by atoms with Crippen LogP contribution < -0.4 is 4.90 Å². The van der Waals surface area contributed by atoms with E-state index in [1.165, 1.54) is 0 Å². The Kier molecular flexibility index (Phi) is 4.68. The van der Waals surface area contributed by atoms with Crippen molar-refractivity contribution in [2.75, 3.05) is 18.5 Å². The number of carbonyl (C=O) groups is 1. The van der Waals surface area contributed by atoms with Crippen LogP contribution in [0.5, 0.6) is 0 Å². The van der Waals surface area contributed by atoms with Crippen molar-refractivity contribution in [1.82, 2.24) is 9.88 Å².